The highest BCUT2D eigenvalue weighted by Gasteiger charge is 2.38. The molecule has 0 aliphatic carbocycles. The van der Waals surface area contributed by atoms with Crippen molar-refractivity contribution < 1.29 is 13.5 Å². The van der Waals surface area contributed by atoms with Crippen LogP contribution in [0.4, 0.5) is 5.69 Å². The molecule has 0 spiro atoms. The summed E-state index contributed by atoms with van der Waals surface area (Å²) in [5.41, 5.74) is 4.87. The Labute approximate surface area is 159 Å². The van der Waals surface area contributed by atoms with E-state index in [0.717, 1.165) is 22.3 Å². The topological polar surface area (TPSA) is 57.6 Å². The lowest BCUT2D eigenvalue weighted by atomic mass is 9.87. The standard InChI is InChI=1S/C22H21NO3S/c1-3-21-19-13-8-15(2)14-20(19)18-6-4-5-7-22(18)23(21)27(25,26)17-11-9-16(24)10-12-17/h4-14,21,24H,3H2,1-2H3. The fraction of sp³-hybridized carbons (Fsp3) is 0.182. The van der Waals surface area contributed by atoms with Crippen LogP contribution in [0.5, 0.6) is 5.75 Å². The number of para-hydroxylation sites is 1. The fourth-order valence-electron chi connectivity index (χ4n) is 3.80. The van der Waals surface area contributed by atoms with Gasteiger partial charge in [0.2, 0.25) is 0 Å². The Balaban J connectivity index is 1.98. The van der Waals surface area contributed by atoms with E-state index in [1.165, 1.54) is 28.6 Å². The molecule has 1 heterocycles. The van der Waals surface area contributed by atoms with Crippen molar-refractivity contribution in [3.63, 3.8) is 0 Å². The first-order valence-corrected chi connectivity index (χ1v) is 10.4. The minimum atomic E-state index is -3.78. The summed E-state index contributed by atoms with van der Waals surface area (Å²) in [5, 5.41) is 9.54. The SMILES string of the molecule is CCC1c2ccc(C)cc2-c2ccccc2N1S(=O)(=O)c1ccc(O)cc1. The van der Waals surface area contributed by atoms with Crippen LogP contribution >= 0.6 is 0 Å². The summed E-state index contributed by atoms with van der Waals surface area (Å²) in [5.74, 6) is 0.0425. The number of sulfonamides is 1. The number of anilines is 1. The van der Waals surface area contributed by atoms with Crippen molar-refractivity contribution in [3.05, 3.63) is 77.9 Å². The first-order chi connectivity index (χ1) is 12.9. The highest BCUT2D eigenvalue weighted by atomic mass is 32.2. The molecule has 1 aliphatic rings. The van der Waals surface area contributed by atoms with Crippen LogP contribution < -0.4 is 4.31 Å². The predicted octanol–water partition coefficient (Wildman–Crippen LogP) is 5.03. The number of benzene rings is 3. The van der Waals surface area contributed by atoms with Crippen LogP contribution in [0.3, 0.4) is 0 Å². The Morgan fingerprint density at radius 1 is 0.963 bits per heavy atom. The van der Waals surface area contributed by atoms with Crippen LogP contribution in [-0.4, -0.2) is 13.5 Å². The average Bonchev–Trinajstić information content (AvgIpc) is 2.67. The molecular weight excluding hydrogens is 358 g/mol. The second-order valence-corrected chi connectivity index (χ2v) is 8.64. The Hall–Kier alpha value is -2.79. The summed E-state index contributed by atoms with van der Waals surface area (Å²) in [4.78, 5) is 0.170. The monoisotopic (exact) mass is 379 g/mol. The molecule has 4 nitrogen and oxygen atoms in total. The molecule has 1 atom stereocenters. The van der Waals surface area contributed by atoms with E-state index >= 15 is 0 Å². The van der Waals surface area contributed by atoms with Crippen LogP contribution in [0.15, 0.2) is 71.6 Å². The summed E-state index contributed by atoms with van der Waals surface area (Å²) in [6, 6.07) is 19.2. The molecule has 0 aromatic heterocycles. The van der Waals surface area contributed by atoms with Crippen LogP contribution in [-0.2, 0) is 10.0 Å². The van der Waals surface area contributed by atoms with Gasteiger partial charge < -0.3 is 5.11 Å². The van der Waals surface area contributed by atoms with Gasteiger partial charge in [-0.25, -0.2) is 8.42 Å². The number of rotatable bonds is 3. The molecule has 3 aromatic rings. The van der Waals surface area contributed by atoms with Crippen LogP contribution in [0.2, 0.25) is 0 Å². The number of nitrogens with zero attached hydrogens (tertiary/aromatic N) is 1. The molecule has 0 fully saturated rings. The van der Waals surface area contributed by atoms with Crippen molar-refractivity contribution in [2.24, 2.45) is 0 Å². The van der Waals surface area contributed by atoms with Gasteiger partial charge in [0.25, 0.3) is 10.0 Å². The van der Waals surface area contributed by atoms with E-state index in [9.17, 15) is 13.5 Å². The van der Waals surface area contributed by atoms with Crippen molar-refractivity contribution in [2.45, 2.75) is 31.2 Å². The zero-order valence-corrected chi connectivity index (χ0v) is 16.1. The Morgan fingerprint density at radius 2 is 1.67 bits per heavy atom. The zero-order chi connectivity index (χ0) is 19.2. The second kappa shape index (κ2) is 6.43. The average molecular weight is 379 g/mol. The summed E-state index contributed by atoms with van der Waals surface area (Å²) in [6.07, 6.45) is 0.654. The third kappa shape index (κ3) is 2.79. The first-order valence-electron chi connectivity index (χ1n) is 8.97. The normalized spacial score (nSPS) is 15.9. The molecule has 0 saturated heterocycles. The highest BCUT2D eigenvalue weighted by molar-refractivity contribution is 7.92. The molecule has 4 rings (SSSR count). The molecule has 3 aromatic carbocycles. The Kier molecular flexibility index (Phi) is 4.19. The van der Waals surface area contributed by atoms with Crippen molar-refractivity contribution in [1.29, 1.82) is 0 Å². The molecule has 0 saturated carbocycles. The number of hydrogen-bond acceptors (Lipinski definition) is 3. The molecule has 0 radical (unpaired) electrons. The Morgan fingerprint density at radius 3 is 2.37 bits per heavy atom. The van der Waals surface area contributed by atoms with E-state index in [1.54, 1.807) is 0 Å². The quantitative estimate of drug-likeness (QED) is 0.694. The lowest BCUT2D eigenvalue weighted by molar-refractivity contribution is 0.474. The van der Waals surface area contributed by atoms with E-state index in [2.05, 4.69) is 6.07 Å². The van der Waals surface area contributed by atoms with Gasteiger partial charge in [-0.2, -0.15) is 0 Å². The van der Waals surface area contributed by atoms with Gasteiger partial charge in [-0.3, -0.25) is 4.31 Å². The number of aromatic hydroxyl groups is 1. The number of fused-ring (bicyclic) bond motifs is 3. The molecule has 0 bridgehead atoms. The van der Waals surface area contributed by atoms with Crippen LogP contribution in [0.1, 0.15) is 30.5 Å². The van der Waals surface area contributed by atoms with Crippen molar-refractivity contribution in [2.75, 3.05) is 4.31 Å². The lowest BCUT2D eigenvalue weighted by Crippen LogP contribution is -2.37. The van der Waals surface area contributed by atoms with Gasteiger partial charge in [-0.1, -0.05) is 48.9 Å². The van der Waals surface area contributed by atoms with Gasteiger partial charge in [0.1, 0.15) is 5.75 Å². The van der Waals surface area contributed by atoms with Crippen molar-refractivity contribution in [1.82, 2.24) is 0 Å². The number of phenolic OH excluding ortho intramolecular Hbond substituents is 1. The molecule has 0 amide bonds. The number of hydrogen-bond donors (Lipinski definition) is 1. The van der Waals surface area contributed by atoms with E-state index in [-0.39, 0.29) is 16.7 Å². The lowest BCUT2D eigenvalue weighted by Gasteiger charge is -2.39. The number of aryl methyl sites for hydroxylation is 1. The van der Waals surface area contributed by atoms with Gasteiger partial charge in [0.15, 0.2) is 0 Å². The van der Waals surface area contributed by atoms with E-state index in [1.807, 2.05) is 50.2 Å². The molecule has 1 N–H and O–H groups in total. The maximum Gasteiger partial charge on any atom is 0.264 e. The highest BCUT2D eigenvalue weighted by Crippen LogP contribution is 2.48. The smallest absolute Gasteiger partial charge is 0.264 e. The minimum absolute atomic E-state index is 0.0425. The molecule has 1 unspecified atom stereocenters. The van der Waals surface area contributed by atoms with E-state index in [0.29, 0.717) is 12.1 Å². The third-order valence-corrected chi connectivity index (χ3v) is 6.90. The van der Waals surface area contributed by atoms with Gasteiger partial charge >= 0.3 is 0 Å². The fourth-order valence-corrected chi connectivity index (χ4v) is 5.52. The van der Waals surface area contributed by atoms with Gasteiger partial charge in [-0.15, -0.1) is 0 Å². The molecule has 5 heteroatoms. The summed E-state index contributed by atoms with van der Waals surface area (Å²) in [6.45, 7) is 4.05. The molecule has 1 aliphatic heterocycles. The van der Waals surface area contributed by atoms with E-state index < -0.39 is 10.0 Å². The Bertz CT molecular complexity index is 1100. The van der Waals surface area contributed by atoms with Crippen molar-refractivity contribution >= 4 is 15.7 Å². The van der Waals surface area contributed by atoms with Crippen LogP contribution in [0.25, 0.3) is 11.1 Å². The minimum Gasteiger partial charge on any atom is -0.508 e. The maximum atomic E-state index is 13.6. The number of phenols is 1. The molecule has 27 heavy (non-hydrogen) atoms. The van der Waals surface area contributed by atoms with Crippen molar-refractivity contribution in [3.8, 4) is 16.9 Å². The molecular formula is C22H21NO3S. The van der Waals surface area contributed by atoms with Gasteiger partial charge in [0.05, 0.1) is 16.6 Å². The largest absolute Gasteiger partial charge is 0.508 e. The maximum absolute atomic E-state index is 13.6. The summed E-state index contributed by atoms with van der Waals surface area (Å²) in [7, 11) is -3.78. The van der Waals surface area contributed by atoms with Gasteiger partial charge in [-0.05, 0) is 54.8 Å². The third-order valence-electron chi connectivity index (χ3n) is 5.06. The van der Waals surface area contributed by atoms with Gasteiger partial charge in [0, 0.05) is 5.56 Å². The summed E-state index contributed by atoms with van der Waals surface area (Å²) >= 11 is 0. The van der Waals surface area contributed by atoms with Crippen LogP contribution in [0, 0.1) is 6.92 Å². The van der Waals surface area contributed by atoms with E-state index in [4.69, 9.17) is 0 Å². The second-order valence-electron chi connectivity index (χ2n) is 6.83. The predicted molar refractivity (Wildman–Crippen MR) is 107 cm³/mol. The first kappa shape index (κ1) is 17.6. The summed E-state index contributed by atoms with van der Waals surface area (Å²) < 4.78 is 28.6. The molecule has 138 valence electrons. The zero-order valence-electron chi connectivity index (χ0n) is 15.3.